The van der Waals surface area contributed by atoms with Gasteiger partial charge in [-0.25, -0.2) is 0 Å². The summed E-state index contributed by atoms with van der Waals surface area (Å²) in [5, 5.41) is 11.0. The van der Waals surface area contributed by atoms with Gasteiger partial charge in [-0.3, -0.25) is 9.48 Å². The summed E-state index contributed by atoms with van der Waals surface area (Å²) < 4.78 is 1.78. The van der Waals surface area contributed by atoms with Crippen LogP contribution in [0.5, 0.6) is 0 Å². The molecule has 1 aliphatic rings. The van der Waals surface area contributed by atoms with Crippen molar-refractivity contribution in [3.63, 3.8) is 0 Å². The zero-order chi connectivity index (χ0) is 15.7. The van der Waals surface area contributed by atoms with Gasteiger partial charge in [0.15, 0.2) is 0 Å². The van der Waals surface area contributed by atoms with Gasteiger partial charge < -0.3 is 10.6 Å². The maximum Gasteiger partial charge on any atom is 0.269 e. The van der Waals surface area contributed by atoms with Crippen LogP contribution >= 0.6 is 0 Å². The number of piperidine rings is 1. The molecule has 5 nitrogen and oxygen atoms in total. The maximum atomic E-state index is 12.5. The topological polar surface area (TPSA) is 59.0 Å². The first-order chi connectivity index (χ1) is 9.72. The Hall–Kier alpha value is -1.36. The quantitative estimate of drug-likeness (QED) is 0.895. The molecule has 1 amide bonds. The van der Waals surface area contributed by atoms with Gasteiger partial charge in [-0.15, -0.1) is 0 Å². The number of carbonyl (C=O) groups excluding carboxylic acids is 1. The monoisotopic (exact) mass is 292 g/mol. The summed E-state index contributed by atoms with van der Waals surface area (Å²) in [6.45, 7) is 11.6. The third-order valence-electron chi connectivity index (χ3n) is 3.91. The number of hydrogen-bond donors (Lipinski definition) is 2. The second kappa shape index (κ2) is 5.79. The van der Waals surface area contributed by atoms with Gasteiger partial charge in [0.2, 0.25) is 0 Å². The van der Waals surface area contributed by atoms with E-state index in [0.29, 0.717) is 5.69 Å². The van der Waals surface area contributed by atoms with Gasteiger partial charge in [0.05, 0.1) is 0 Å². The Morgan fingerprint density at radius 2 is 2.00 bits per heavy atom. The number of nitrogens with zero attached hydrogens (tertiary/aromatic N) is 2. The zero-order valence-corrected chi connectivity index (χ0v) is 13.9. The smallest absolute Gasteiger partial charge is 0.269 e. The number of carbonyl (C=O) groups is 1. The highest BCUT2D eigenvalue weighted by Gasteiger charge is 2.38. The van der Waals surface area contributed by atoms with Crippen molar-refractivity contribution in [2.75, 3.05) is 0 Å². The average Bonchev–Trinajstić information content (AvgIpc) is 2.73. The Balaban J connectivity index is 2.07. The fourth-order valence-corrected chi connectivity index (χ4v) is 3.60. The van der Waals surface area contributed by atoms with Crippen molar-refractivity contribution in [1.82, 2.24) is 20.4 Å². The lowest BCUT2D eigenvalue weighted by atomic mass is 9.79. The van der Waals surface area contributed by atoms with Gasteiger partial charge in [0, 0.05) is 29.9 Å². The Labute approximate surface area is 127 Å². The summed E-state index contributed by atoms with van der Waals surface area (Å²) in [6.07, 6.45) is 4.53. The van der Waals surface area contributed by atoms with E-state index in [9.17, 15) is 4.79 Å². The molecular weight excluding hydrogens is 264 g/mol. The van der Waals surface area contributed by atoms with Gasteiger partial charge >= 0.3 is 0 Å². The van der Waals surface area contributed by atoms with Gasteiger partial charge in [0.1, 0.15) is 5.69 Å². The van der Waals surface area contributed by atoms with Crippen molar-refractivity contribution in [2.24, 2.45) is 0 Å². The van der Waals surface area contributed by atoms with Crippen LogP contribution in [0.25, 0.3) is 0 Å². The summed E-state index contributed by atoms with van der Waals surface area (Å²) in [4.78, 5) is 12.5. The van der Waals surface area contributed by atoms with E-state index in [2.05, 4.69) is 50.4 Å². The van der Waals surface area contributed by atoms with Gasteiger partial charge in [-0.1, -0.05) is 6.92 Å². The van der Waals surface area contributed by atoms with Crippen LogP contribution in [0, 0.1) is 0 Å². The molecule has 0 atom stereocenters. The van der Waals surface area contributed by atoms with E-state index in [4.69, 9.17) is 0 Å². The number of rotatable bonds is 4. The Morgan fingerprint density at radius 1 is 1.38 bits per heavy atom. The van der Waals surface area contributed by atoms with E-state index in [-0.39, 0.29) is 23.0 Å². The summed E-state index contributed by atoms with van der Waals surface area (Å²) in [7, 11) is 0. The largest absolute Gasteiger partial charge is 0.348 e. The van der Waals surface area contributed by atoms with Crippen molar-refractivity contribution >= 4 is 5.91 Å². The van der Waals surface area contributed by atoms with E-state index >= 15 is 0 Å². The van der Waals surface area contributed by atoms with Crippen LogP contribution in [0.4, 0.5) is 0 Å². The van der Waals surface area contributed by atoms with Crippen LogP contribution < -0.4 is 10.6 Å². The van der Waals surface area contributed by atoms with Crippen LogP contribution in [-0.2, 0) is 6.54 Å². The van der Waals surface area contributed by atoms with Gasteiger partial charge in [0.25, 0.3) is 5.91 Å². The Kier molecular flexibility index (Phi) is 4.42. The van der Waals surface area contributed by atoms with Crippen molar-refractivity contribution in [2.45, 2.75) is 77.5 Å². The van der Waals surface area contributed by atoms with Crippen LogP contribution in [0.15, 0.2) is 12.3 Å². The molecule has 0 aliphatic carbocycles. The molecule has 0 spiro atoms. The first-order valence-corrected chi connectivity index (χ1v) is 7.84. The highest BCUT2D eigenvalue weighted by atomic mass is 16.2. The molecule has 5 heteroatoms. The summed E-state index contributed by atoms with van der Waals surface area (Å²) >= 11 is 0. The van der Waals surface area contributed by atoms with Crippen LogP contribution in [-0.4, -0.2) is 32.8 Å². The minimum atomic E-state index is -0.0144. The maximum absolute atomic E-state index is 12.5. The molecule has 1 saturated heterocycles. The first-order valence-electron chi connectivity index (χ1n) is 7.84. The lowest BCUT2D eigenvalue weighted by Crippen LogP contribution is -2.62. The third-order valence-corrected chi connectivity index (χ3v) is 3.91. The number of nitrogens with one attached hydrogen (secondary N) is 2. The van der Waals surface area contributed by atoms with E-state index in [1.165, 1.54) is 0 Å². The standard InChI is InChI=1S/C16H28N4O/c1-6-9-20-13(7-8-17-20)14(21)18-12-10-15(2,3)19-16(4,5)11-12/h7-8,12,19H,6,9-11H2,1-5H3,(H,18,21). The summed E-state index contributed by atoms with van der Waals surface area (Å²) in [6, 6.07) is 1.98. The molecule has 0 radical (unpaired) electrons. The third kappa shape index (κ3) is 4.06. The summed E-state index contributed by atoms with van der Waals surface area (Å²) in [5.41, 5.74) is 0.721. The predicted octanol–water partition coefficient (Wildman–Crippen LogP) is 2.33. The highest BCUT2D eigenvalue weighted by molar-refractivity contribution is 5.92. The second-order valence-electron chi connectivity index (χ2n) is 7.41. The Bertz CT molecular complexity index is 488. The van der Waals surface area contributed by atoms with Crippen LogP contribution in [0.2, 0.25) is 0 Å². The molecule has 0 bridgehead atoms. The highest BCUT2D eigenvalue weighted by Crippen LogP contribution is 2.28. The molecule has 1 aliphatic heterocycles. The molecule has 21 heavy (non-hydrogen) atoms. The first kappa shape index (κ1) is 16.0. The molecule has 118 valence electrons. The normalized spacial score (nSPS) is 21.2. The van der Waals surface area contributed by atoms with Crippen molar-refractivity contribution < 1.29 is 4.79 Å². The average molecular weight is 292 g/mol. The molecular formula is C16H28N4O. The molecule has 2 heterocycles. The molecule has 1 aromatic rings. The summed E-state index contributed by atoms with van der Waals surface area (Å²) in [5.74, 6) is -0.0144. The molecule has 0 unspecified atom stereocenters. The van der Waals surface area contributed by atoms with Gasteiger partial charge in [-0.05, 0) is 53.0 Å². The molecule has 0 aromatic carbocycles. The molecule has 2 N–H and O–H groups in total. The fraction of sp³-hybridized carbons (Fsp3) is 0.750. The van der Waals surface area contributed by atoms with Crippen LogP contribution in [0.3, 0.4) is 0 Å². The second-order valence-corrected chi connectivity index (χ2v) is 7.41. The van der Waals surface area contributed by atoms with Crippen molar-refractivity contribution in [3.05, 3.63) is 18.0 Å². The number of aryl methyl sites for hydroxylation is 1. The zero-order valence-electron chi connectivity index (χ0n) is 13.9. The lowest BCUT2D eigenvalue weighted by molar-refractivity contribution is 0.0862. The minimum absolute atomic E-state index is 0.0144. The Morgan fingerprint density at radius 3 is 2.57 bits per heavy atom. The molecule has 1 fully saturated rings. The molecule has 2 rings (SSSR count). The number of hydrogen-bond acceptors (Lipinski definition) is 3. The fourth-order valence-electron chi connectivity index (χ4n) is 3.60. The van der Waals surface area contributed by atoms with E-state index in [1.54, 1.807) is 16.9 Å². The van der Waals surface area contributed by atoms with Crippen molar-refractivity contribution in [1.29, 1.82) is 0 Å². The predicted molar refractivity (Wildman–Crippen MR) is 84.3 cm³/mol. The number of aromatic nitrogens is 2. The van der Waals surface area contributed by atoms with Crippen LogP contribution in [0.1, 0.15) is 64.4 Å². The van der Waals surface area contributed by atoms with E-state index in [0.717, 1.165) is 25.8 Å². The van der Waals surface area contributed by atoms with Crippen molar-refractivity contribution in [3.8, 4) is 0 Å². The molecule has 0 saturated carbocycles. The minimum Gasteiger partial charge on any atom is -0.348 e. The molecule has 1 aromatic heterocycles. The number of amides is 1. The SMILES string of the molecule is CCCn1nccc1C(=O)NC1CC(C)(C)NC(C)(C)C1. The lowest BCUT2D eigenvalue weighted by Gasteiger charge is -2.46. The van der Waals surface area contributed by atoms with E-state index in [1.807, 2.05) is 0 Å². The van der Waals surface area contributed by atoms with E-state index < -0.39 is 0 Å². The van der Waals surface area contributed by atoms with Gasteiger partial charge in [-0.2, -0.15) is 5.10 Å².